The van der Waals surface area contributed by atoms with Crippen molar-refractivity contribution in [2.75, 3.05) is 5.73 Å². The first-order chi connectivity index (χ1) is 8.44. The number of ether oxygens (including phenoxy) is 1. The number of nitrogens with two attached hydrogens (primary N) is 1. The van der Waals surface area contributed by atoms with Gasteiger partial charge in [0.25, 0.3) is 0 Å². The maximum atomic E-state index is 11.9. The normalized spacial score (nSPS) is 11.3. The largest absolute Gasteiger partial charge is 0.574 e. The van der Waals surface area contributed by atoms with Gasteiger partial charge in [0.15, 0.2) is 0 Å². The standard InChI is InChI=1S/C9H6F3N5O/c10-9(11,12)18-7-4-14-6(3-15-7)5-1-16-8(13)17-2-5/h1-4H,(H2,13,16,17). The van der Waals surface area contributed by atoms with Crippen LogP contribution in [0.15, 0.2) is 24.8 Å². The second-order valence-corrected chi connectivity index (χ2v) is 3.12. The number of halogens is 3. The lowest BCUT2D eigenvalue weighted by atomic mass is 10.2. The van der Waals surface area contributed by atoms with Crippen LogP contribution in [0.25, 0.3) is 11.3 Å². The predicted molar refractivity (Wildman–Crippen MR) is 54.2 cm³/mol. The van der Waals surface area contributed by atoms with Gasteiger partial charge in [-0.2, -0.15) is 0 Å². The average molecular weight is 257 g/mol. The molecule has 0 bridgehead atoms. The lowest BCUT2D eigenvalue weighted by molar-refractivity contribution is -0.276. The van der Waals surface area contributed by atoms with E-state index in [-0.39, 0.29) is 5.95 Å². The van der Waals surface area contributed by atoms with Crippen molar-refractivity contribution in [1.29, 1.82) is 0 Å². The van der Waals surface area contributed by atoms with Crippen molar-refractivity contribution in [1.82, 2.24) is 19.9 Å². The zero-order chi connectivity index (χ0) is 13.2. The second kappa shape index (κ2) is 4.43. The predicted octanol–water partition coefficient (Wildman–Crippen LogP) is 1.41. The van der Waals surface area contributed by atoms with Crippen molar-refractivity contribution in [2.24, 2.45) is 0 Å². The Morgan fingerprint density at radius 2 is 1.61 bits per heavy atom. The van der Waals surface area contributed by atoms with Crippen molar-refractivity contribution in [3.8, 4) is 17.1 Å². The van der Waals surface area contributed by atoms with E-state index < -0.39 is 12.2 Å². The molecule has 9 heteroatoms. The molecule has 0 saturated heterocycles. The van der Waals surface area contributed by atoms with Crippen LogP contribution in [0.4, 0.5) is 19.1 Å². The van der Waals surface area contributed by atoms with Gasteiger partial charge in [-0.25, -0.2) is 19.9 Å². The van der Waals surface area contributed by atoms with Crippen LogP contribution < -0.4 is 10.5 Å². The third kappa shape index (κ3) is 3.03. The average Bonchev–Trinajstić information content (AvgIpc) is 2.29. The first kappa shape index (κ1) is 12.0. The second-order valence-electron chi connectivity index (χ2n) is 3.12. The first-order valence-corrected chi connectivity index (χ1v) is 4.60. The fourth-order valence-corrected chi connectivity index (χ4v) is 1.11. The summed E-state index contributed by atoms with van der Waals surface area (Å²) < 4.78 is 39.2. The van der Waals surface area contributed by atoms with E-state index in [0.717, 1.165) is 12.4 Å². The lowest BCUT2D eigenvalue weighted by Crippen LogP contribution is -2.18. The molecule has 0 amide bonds. The highest BCUT2D eigenvalue weighted by atomic mass is 19.4. The summed E-state index contributed by atoms with van der Waals surface area (Å²) >= 11 is 0. The molecule has 2 rings (SSSR count). The summed E-state index contributed by atoms with van der Waals surface area (Å²) in [6, 6.07) is 0. The molecule has 6 nitrogen and oxygen atoms in total. The molecule has 0 spiro atoms. The number of anilines is 1. The number of hydrogen-bond acceptors (Lipinski definition) is 6. The summed E-state index contributed by atoms with van der Waals surface area (Å²) in [5.74, 6) is -0.550. The molecule has 0 aliphatic rings. The molecule has 0 aliphatic heterocycles. The van der Waals surface area contributed by atoms with Crippen molar-refractivity contribution in [3.63, 3.8) is 0 Å². The van der Waals surface area contributed by atoms with Gasteiger partial charge in [-0.15, -0.1) is 13.2 Å². The van der Waals surface area contributed by atoms with Gasteiger partial charge >= 0.3 is 6.36 Å². The molecule has 0 aromatic carbocycles. The number of nitrogens with zero attached hydrogens (tertiary/aromatic N) is 4. The highest BCUT2D eigenvalue weighted by Crippen LogP contribution is 2.21. The molecule has 2 aromatic rings. The molecule has 0 unspecified atom stereocenters. The highest BCUT2D eigenvalue weighted by molar-refractivity contribution is 5.55. The highest BCUT2D eigenvalue weighted by Gasteiger charge is 2.31. The SMILES string of the molecule is Nc1ncc(-c2cnc(OC(F)(F)F)cn2)cn1. The van der Waals surface area contributed by atoms with E-state index in [0.29, 0.717) is 11.3 Å². The quantitative estimate of drug-likeness (QED) is 0.875. The van der Waals surface area contributed by atoms with Gasteiger partial charge in [0.05, 0.1) is 18.1 Å². The fraction of sp³-hybridized carbons (Fsp3) is 0.111. The molecule has 0 saturated carbocycles. The van der Waals surface area contributed by atoms with Crippen LogP contribution in [0, 0.1) is 0 Å². The molecule has 0 atom stereocenters. The smallest absolute Gasteiger partial charge is 0.386 e. The maximum absolute atomic E-state index is 11.9. The van der Waals surface area contributed by atoms with Crippen LogP contribution >= 0.6 is 0 Å². The fourth-order valence-electron chi connectivity index (χ4n) is 1.11. The van der Waals surface area contributed by atoms with Crippen LogP contribution in [0.3, 0.4) is 0 Å². The first-order valence-electron chi connectivity index (χ1n) is 4.60. The summed E-state index contributed by atoms with van der Waals surface area (Å²) in [6.45, 7) is 0. The maximum Gasteiger partial charge on any atom is 0.574 e. The molecule has 0 radical (unpaired) electrons. The third-order valence-electron chi connectivity index (χ3n) is 1.82. The monoisotopic (exact) mass is 257 g/mol. The molecular weight excluding hydrogens is 251 g/mol. The Kier molecular flexibility index (Phi) is 2.96. The zero-order valence-corrected chi connectivity index (χ0v) is 8.72. The summed E-state index contributed by atoms with van der Waals surface area (Å²) in [5.41, 5.74) is 6.09. The van der Waals surface area contributed by atoms with Crippen LogP contribution in [-0.2, 0) is 0 Å². The van der Waals surface area contributed by atoms with Crippen molar-refractivity contribution in [3.05, 3.63) is 24.8 Å². The minimum Gasteiger partial charge on any atom is -0.386 e. The molecule has 94 valence electrons. The van der Waals surface area contributed by atoms with Gasteiger partial charge in [-0.05, 0) is 0 Å². The van der Waals surface area contributed by atoms with Gasteiger partial charge in [-0.3, -0.25) is 0 Å². The minimum atomic E-state index is -4.79. The Morgan fingerprint density at radius 1 is 0.944 bits per heavy atom. The van der Waals surface area contributed by atoms with Gasteiger partial charge in [-0.1, -0.05) is 0 Å². The van der Waals surface area contributed by atoms with Gasteiger partial charge in [0.2, 0.25) is 11.8 Å². The molecule has 2 heterocycles. The summed E-state index contributed by atoms with van der Waals surface area (Å²) in [5, 5.41) is 0. The number of nitrogen functional groups attached to an aromatic ring is 1. The summed E-state index contributed by atoms with van der Waals surface area (Å²) in [6.07, 6.45) is -0.0388. The van der Waals surface area contributed by atoms with Crippen molar-refractivity contribution < 1.29 is 17.9 Å². The molecule has 2 N–H and O–H groups in total. The van der Waals surface area contributed by atoms with E-state index in [2.05, 4.69) is 24.7 Å². The van der Waals surface area contributed by atoms with E-state index in [1.54, 1.807) is 0 Å². The molecule has 0 fully saturated rings. The Hall–Kier alpha value is -2.45. The minimum absolute atomic E-state index is 0.0868. The topological polar surface area (TPSA) is 86.8 Å². The zero-order valence-electron chi connectivity index (χ0n) is 8.72. The van der Waals surface area contributed by atoms with Crippen molar-refractivity contribution >= 4 is 5.95 Å². The van der Waals surface area contributed by atoms with Gasteiger partial charge in [0.1, 0.15) is 0 Å². The number of alkyl halides is 3. The van der Waals surface area contributed by atoms with Crippen LogP contribution in [0.1, 0.15) is 0 Å². The van der Waals surface area contributed by atoms with Gasteiger partial charge < -0.3 is 10.5 Å². The van der Waals surface area contributed by atoms with Gasteiger partial charge in [0, 0.05) is 18.0 Å². The van der Waals surface area contributed by atoms with E-state index in [9.17, 15) is 13.2 Å². The molecular formula is C9H6F3N5O. The number of hydrogen-bond donors (Lipinski definition) is 1. The Labute approximate surface area is 98.7 Å². The number of rotatable bonds is 2. The van der Waals surface area contributed by atoms with E-state index in [1.807, 2.05) is 0 Å². The molecule has 0 aliphatic carbocycles. The summed E-state index contributed by atoms with van der Waals surface area (Å²) in [4.78, 5) is 14.7. The number of aromatic nitrogens is 4. The van der Waals surface area contributed by atoms with Crippen LogP contribution in [0.5, 0.6) is 5.88 Å². The van der Waals surface area contributed by atoms with Crippen molar-refractivity contribution in [2.45, 2.75) is 6.36 Å². The lowest BCUT2D eigenvalue weighted by Gasteiger charge is -2.07. The third-order valence-corrected chi connectivity index (χ3v) is 1.82. The summed E-state index contributed by atoms with van der Waals surface area (Å²) in [7, 11) is 0. The Bertz CT molecular complexity index is 525. The molecule has 18 heavy (non-hydrogen) atoms. The Morgan fingerprint density at radius 3 is 2.11 bits per heavy atom. The Balaban J connectivity index is 2.20. The van der Waals surface area contributed by atoms with E-state index in [4.69, 9.17) is 5.73 Å². The van der Waals surface area contributed by atoms with Crippen LogP contribution in [-0.4, -0.2) is 26.3 Å². The van der Waals surface area contributed by atoms with E-state index >= 15 is 0 Å². The van der Waals surface area contributed by atoms with Crippen LogP contribution in [0.2, 0.25) is 0 Å². The van der Waals surface area contributed by atoms with E-state index in [1.165, 1.54) is 12.4 Å². The molecule has 2 aromatic heterocycles.